The maximum Gasteiger partial charge on any atom is 0.387 e. The Balaban J connectivity index is 1.94. The molecule has 0 unspecified atom stereocenters. The van der Waals surface area contributed by atoms with E-state index in [0.717, 1.165) is 5.69 Å². The third-order valence-electron chi connectivity index (χ3n) is 4.39. The molecule has 1 heterocycles. The molecule has 0 spiro atoms. The summed E-state index contributed by atoms with van der Waals surface area (Å²) >= 11 is 0. The first-order chi connectivity index (χ1) is 13.9. The standard InChI is InChI=1S/C22H20F2N2O3/c1-14-20(15(2)26(25-14)17-9-5-4-6-10-17)18(27)13-12-16-8-7-11-19(28-3)21(16)29-22(23)24/h4-13,22H,1-3H3. The smallest absolute Gasteiger partial charge is 0.387 e. The van der Waals surface area contributed by atoms with E-state index < -0.39 is 6.61 Å². The first-order valence-electron chi connectivity index (χ1n) is 8.88. The van der Waals surface area contributed by atoms with Crippen LogP contribution < -0.4 is 9.47 Å². The number of rotatable bonds is 7. The monoisotopic (exact) mass is 398 g/mol. The van der Waals surface area contributed by atoms with E-state index in [4.69, 9.17) is 4.74 Å². The molecule has 1 aromatic heterocycles. The quantitative estimate of drug-likeness (QED) is 0.415. The zero-order valence-corrected chi connectivity index (χ0v) is 16.2. The van der Waals surface area contributed by atoms with Crippen LogP contribution in [0.1, 0.15) is 27.3 Å². The number of benzene rings is 2. The maximum atomic E-state index is 12.8. The molecule has 5 nitrogen and oxygen atoms in total. The Bertz CT molecular complexity index is 1040. The molecule has 0 aliphatic heterocycles. The number of allylic oxidation sites excluding steroid dienone is 1. The van der Waals surface area contributed by atoms with E-state index in [9.17, 15) is 13.6 Å². The lowest BCUT2D eigenvalue weighted by Gasteiger charge is -2.12. The van der Waals surface area contributed by atoms with Crippen LogP contribution in [-0.2, 0) is 0 Å². The van der Waals surface area contributed by atoms with Crippen LogP contribution in [0, 0.1) is 13.8 Å². The van der Waals surface area contributed by atoms with Crippen molar-refractivity contribution in [2.75, 3.05) is 7.11 Å². The number of nitrogens with zero attached hydrogens (tertiary/aromatic N) is 2. The van der Waals surface area contributed by atoms with E-state index >= 15 is 0 Å². The summed E-state index contributed by atoms with van der Waals surface area (Å²) in [5.74, 6) is -0.250. The molecule has 0 saturated heterocycles. The van der Waals surface area contributed by atoms with E-state index in [1.54, 1.807) is 23.7 Å². The van der Waals surface area contributed by atoms with Gasteiger partial charge in [-0.15, -0.1) is 0 Å². The molecule has 2 aromatic carbocycles. The van der Waals surface area contributed by atoms with Crippen molar-refractivity contribution in [2.24, 2.45) is 0 Å². The number of carbonyl (C=O) groups excluding carboxylic acids is 1. The van der Waals surface area contributed by atoms with Crippen molar-refractivity contribution in [3.63, 3.8) is 0 Å². The normalized spacial score (nSPS) is 11.2. The molecular weight excluding hydrogens is 378 g/mol. The summed E-state index contributed by atoms with van der Waals surface area (Å²) in [6.07, 6.45) is 2.75. The Morgan fingerprint density at radius 3 is 2.48 bits per heavy atom. The van der Waals surface area contributed by atoms with E-state index in [2.05, 4.69) is 9.84 Å². The number of ketones is 1. The van der Waals surface area contributed by atoms with E-state index in [-0.39, 0.29) is 17.3 Å². The molecule has 0 amide bonds. The highest BCUT2D eigenvalue weighted by Crippen LogP contribution is 2.33. The van der Waals surface area contributed by atoms with E-state index in [1.165, 1.54) is 25.3 Å². The topological polar surface area (TPSA) is 53.3 Å². The molecule has 0 radical (unpaired) electrons. The SMILES string of the molecule is COc1cccc(C=CC(=O)c2c(C)nn(-c3ccccc3)c2C)c1OC(F)F. The summed E-state index contributed by atoms with van der Waals surface area (Å²) in [5, 5.41) is 4.46. The van der Waals surface area contributed by atoms with Gasteiger partial charge in [-0.25, -0.2) is 4.68 Å². The predicted octanol–water partition coefficient (Wildman–Crippen LogP) is 5.00. The molecule has 0 aliphatic rings. The van der Waals surface area contributed by atoms with Gasteiger partial charge in [0.2, 0.25) is 0 Å². The number of hydrogen-bond donors (Lipinski definition) is 0. The molecule has 0 aliphatic carbocycles. The van der Waals surface area contributed by atoms with Gasteiger partial charge in [-0.2, -0.15) is 13.9 Å². The van der Waals surface area contributed by atoms with Crippen LogP contribution in [0.25, 0.3) is 11.8 Å². The van der Waals surface area contributed by atoms with Crippen LogP contribution in [0.2, 0.25) is 0 Å². The number of ether oxygens (including phenoxy) is 2. The van der Waals surface area contributed by atoms with Gasteiger partial charge in [0.05, 0.1) is 29.7 Å². The number of carbonyl (C=O) groups is 1. The first kappa shape index (κ1) is 20.3. The van der Waals surface area contributed by atoms with E-state index in [1.807, 2.05) is 37.3 Å². The molecule has 0 N–H and O–H groups in total. The molecule has 3 rings (SSSR count). The van der Waals surface area contributed by atoms with Gasteiger partial charge in [0, 0.05) is 5.56 Å². The van der Waals surface area contributed by atoms with Gasteiger partial charge in [0.25, 0.3) is 0 Å². The van der Waals surface area contributed by atoms with Gasteiger partial charge in [0.1, 0.15) is 0 Å². The number of methoxy groups -OCH3 is 1. The van der Waals surface area contributed by atoms with Crippen LogP contribution in [0.4, 0.5) is 8.78 Å². The average Bonchev–Trinajstić information content (AvgIpc) is 3.01. The van der Waals surface area contributed by atoms with Gasteiger partial charge >= 0.3 is 6.61 Å². The Morgan fingerprint density at radius 1 is 1.10 bits per heavy atom. The maximum absolute atomic E-state index is 12.8. The van der Waals surface area contributed by atoms with Crippen molar-refractivity contribution in [1.29, 1.82) is 0 Å². The predicted molar refractivity (Wildman–Crippen MR) is 106 cm³/mol. The summed E-state index contributed by atoms with van der Waals surface area (Å²) in [5.41, 5.74) is 2.89. The molecule has 3 aromatic rings. The minimum Gasteiger partial charge on any atom is -0.493 e. The number of halogens is 2. The molecule has 150 valence electrons. The molecule has 0 saturated carbocycles. The van der Waals surface area contributed by atoms with Crippen LogP contribution in [0.5, 0.6) is 11.5 Å². The molecule has 0 fully saturated rings. The van der Waals surface area contributed by atoms with Crippen molar-refractivity contribution in [3.8, 4) is 17.2 Å². The van der Waals surface area contributed by atoms with Gasteiger partial charge < -0.3 is 9.47 Å². The fourth-order valence-electron chi connectivity index (χ4n) is 3.11. The number of aromatic nitrogens is 2. The highest BCUT2D eigenvalue weighted by molar-refractivity contribution is 6.08. The van der Waals surface area contributed by atoms with Crippen molar-refractivity contribution < 1.29 is 23.0 Å². The van der Waals surface area contributed by atoms with Gasteiger partial charge in [-0.05, 0) is 44.2 Å². The van der Waals surface area contributed by atoms with Gasteiger partial charge in [0.15, 0.2) is 17.3 Å². The zero-order valence-electron chi connectivity index (χ0n) is 16.2. The van der Waals surface area contributed by atoms with E-state index in [0.29, 0.717) is 22.5 Å². The Labute approximate surface area is 167 Å². The van der Waals surface area contributed by atoms with Crippen molar-refractivity contribution in [1.82, 2.24) is 9.78 Å². The highest BCUT2D eigenvalue weighted by Gasteiger charge is 2.18. The largest absolute Gasteiger partial charge is 0.493 e. The molecular formula is C22H20F2N2O3. The molecule has 7 heteroatoms. The third-order valence-corrected chi connectivity index (χ3v) is 4.39. The molecule has 0 atom stereocenters. The minimum absolute atomic E-state index is 0.123. The average molecular weight is 398 g/mol. The fourth-order valence-corrected chi connectivity index (χ4v) is 3.11. The number of aryl methyl sites for hydroxylation is 1. The fraction of sp³-hybridized carbons (Fsp3) is 0.182. The second-order valence-corrected chi connectivity index (χ2v) is 6.25. The molecule has 29 heavy (non-hydrogen) atoms. The second kappa shape index (κ2) is 8.68. The van der Waals surface area contributed by atoms with Gasteiger partial charge in [-0.1, -0.05) is 30.3 Å². The minimum atomic E-state index is -3.01. The third kappa shape index (κ3) is 4.34. The number of hydrogen-bond acceptors (Lipinski definition) is 4. The van der Waals surface area contributed by atoms with Crippen LogP contribution in [0.15, 0.2) is 54.6 Å². The Hall–Kier alpha value is -3.48. The summed E-state index contributed by atoms with van der Waals surface area (Å²) in [6.45, 7) is 0.553. The Morgan fingerprint density at radius 2 is 1.83 bits per heavy atom. The van der Waals surface area contributed by atoms with Gasteiger partial charge in [-0.3, -0.25) is 4.79 Å². The lowest BCUT2D eigenvalue weighted by molar-refractivity contribution is -0.0513. The summed E-state index contributed by atoms with van der Waals surface area (Å²) in [4.78, 5) is 12.8. The molecule has 0 bridgehead atoms. The van der Waals surface area contributed by atoms with Crippen molar-refractivity contribution in [2.45, 2.75) is 20.5 Å². The number of alkyl halides is 2. The van der Waals surface area contributed by atoms with Crippen LogP contribution in [-0.4, -0.2) is 29.3 Å². The van der Waals surface area contributed by atoms with Crippen molar-refractivity contribution in [3.05, 3.63) is 77.1 Å². The Kier molecular flexibility index (Phi) is 6.07. The van der Waals surface area contributed by atoms with Crippen molar-refractivity contribution >= 4 is 11.9 Å². The number of para-hydroxylation sites is 2. The summed E-state index contributed by atoms with van der Waals surface area (Å²) in [6, 6.07) is 14.2. The summed E-state index contributed by atoms with van der Waals surface area (Å²) in [7, 11) is 1.36. The van der Waals surface area contributed by atoms with Crippen LogP contribution in [0.3, 0.4) is 0 Å². The highest BCUT2D eigenvalue weighted by atomic mass is 19.3. The zero-order chi connectivity index (χ0) is 21.0. The lowest BCUT2D eigenvalue weighted by atomic mass is 10.1. The first-order valence-corrected chi connectivity index (χ1v) is 8.88. The lowest BCUT2D eigenvalue weighted by Crippen LogP contribution is -2.05. The van der Waals surface area contributed by atoms with Crippen LogP contribution >= 0.6 is 0 Å². The summed E-state index contributed by atoms with van der Waals surface area (Å²) < 4.78 is 36.9. The second-order valence-electron chi connectivity index (χ2n) is 6.25.